The van der Waals surface area contributed by atoms with Gasteiger partial charge in [0.15, 0.2) is 23.0 Å². The minimum atomic E-state index is -4.24. The maximum absolute atomic E-state index is 14.5. The van der Waals surface area contributed by atoms with Gasteiger partial charge in [-0.2, -0.15) is 4.98 Å². The van der Waals surface area contributed by atoms with Gasteiger partial charge in [0.2, 0.25) is 5.95 Å². The Bertz CT molecular complexity index is 1530. The first-order valence-electron chi connectivity index (χ1n) is 13.2. The van der Waals surface area contributed by atoms with Gasteiger partial charge in [0, 0.05) is 0 Å². The second kappa shape index (κ2) is 11.7. The number of aromatic nitrogens is 4. The predicted octanol–water partition coefficient (Wildman–Crippen LogP) is 2.32. The van der Waals surface area contributed by atoms with Crippen LogP contribution in [0.2, 0.25) is 0 Å². The Morgan fingerprint density at radius 3 is 2.60 bits per heavy atom. The third kappa shape index (κ3) is 6.20. The van der Waals surface area contributed by atoms with Crippen LogP contribution in [0.1, 0.15) is 40.8 Å². The first kappa shape index (κ1) is 31.6. The molecular formula is C26H35FN5O9P. The number of para-hydroxylation sites is 1. The Morgan fingerprint density at radius 2 is 1.98 bits per heavy atom. The Hall–Kier alpha value is -3.36. The fourth-order valence-electron chi connectivity index (χ4n) is 4.75. The lowest BCUT2D eigenvalue weighted by Crippen LogP contribution is -2.53. The molecule has 1 aliphatic rings. The molecule has 6 atom stereocenters. The van der Waals surface area contributed by atoms with Crippen molar-refractivity contribution in [2.24, 2.45) is 5.92 Å². The van der Waals surface area contributed by atoms with Crippen LogP contribution in [0.5, 0.6) is 5.75 Å². The molecule has 0 spiro atoms. The highest BCUT2D eigenvalue weighted by Gasteiger charge is 2.62. The number of alkyl halides is 1. The number of benzene rings is 1. The van der Waals surface area contributed by atoms with E-state index >= 15 is 0 Å². The summed E-state index contributed by atoms with van der Waals surface area (Å²) < 4.78 is 52.8. The zero-order valence-electron chi connectivity index (χ0n) is 23.8. The number of nitrogens with one attached hydrogen (secondary N) is 1. The third-order valence-corrected chi connectivity index (χ3v) is 8.95. The van der Waals surface area contributed by atoms with Gasteiger partial charge in [-0.05, 0) is 39.8 Å². The maximum atomic E-state index is 14.5. The smallest absolute Gasteiger partial charge is 0.380 e. The summed E-state index contributed by atoms with van der Waals surface area (Å²) in [4.78, 5) is 35.1. The standard InChI is InChI=1S/C26H35FN5O9P/c1-14(2)38-22(35)15(3)11-42(37,40-16-9-7-6-8-10-16)41-25(4,5)19-18(33)26(36,12-27)23(39-19)32-13-29-17-20(32)30-24(28)31-21(17)34/h6-10,13-15,18-19,23,33,36H,11-12H2,1-5H3,(H3,28,30,31,34)/t15-,18+,19+,23-,26?,42+/m1/s1. The number of nitrogens with zero attached hydrogens (tertiary/aromatic N) is 3. The second-order valence-electron chi connectivity index (χ2n) is 11.0. The van der Waals surface area contributed by atoms with Crippen molar-refractivity contribution in [3.8, 4) is 5.75 Å². The molecule has 3 heterocycles. The summed E-state index contributed by atoms with van der Waals surface area (Å²) in [7, 11) is -4.24. The number of H-pyrrole nitrogens is 1. The number of aromatic amines is 1. The van der Waals surface area contributed by atoms with Gasteiger partial charge in [-0.15, -0.1) is 0 Å². The number of nitrogen functional groups attached to an aromatic ring is 1. The van der Waals surface area contributed by atoms with E-state index in [1.807, 2.05) is 0 Å². The SMILES string of the molecule is CC(C)OC(=O)[C@H](C)C[P@](=O)(Oc1ccccc1)OC(C)(C)[C@H]1O[C@@H](n2cnc3c(=O)[nH]c(N)nc32)C(O)(CF)[C@H]1O. The Labute approximate surface area is 240 Å². The normalized spacial score (nSPS) is 24.9. The van der Waals surface area contributed by atoms with Crippen molar-refractivity contribution in [1.29, 1.82) is 0 Å². The van der Waals surface area contributed by atoms with Gasteiger partial charge in [-0.25, -0.2) is 13.9 Å². The predicted molar refractivity (Wildman–Crippen MR) is 149 cm³/mol. The first-order chi connectivity index (χ1) is 19.6. The zero-order chi connectivity index (χ0) is 31.0. The largest absolute Gasteiger partial charge is 0.463 e. The molecule has 1 aliphatic heterocycles. The van der Waals surface area contributed by atoms with Crippen molar-refractivity contribution in [1.82, 2.24) is 19.5 Å². The highest BCUT2D eigenvalue weighted by molar-refractivity contribution is 7.54. The number of aliphatic hydroxyl groups excluding tert-OH is 1. The average Bonchev–Trinajstić information content (AvgIpc) is 3.42. The number of hydrogen-bond donors (Lipinski definition) is 4. The summed E-state index contributed by atoms with van der Waals surface area (Å²) >= 11 is 0. The molecule has 1 saturated heterocycles. The lowest BCUT2D eigenvalue weighted by atomic mass is 9.88. The first-order valence-corrected chi connectivity index (χ1v) is 14.9. The van der Waals surface area contributed by atoms with Crippen molar-refractivity contribution < 1.29 is 42.5 Å². The van der Waals surface area contributed by atoms with E-state index < -0.39 is 73.6 Å². The van der Waals surface area contributed by atoms with Gasteiger partial charge < -0.3 is 29.9 Å². The molecule has 16 heteroatoms. The lowest BCUT2D eigenvalue weighted by molar-refractivity contribution is -0.151. The summed E-state index contributed by atoms with van der Waals surface area (Å²) in [5, 5.41) is 22.5. The van der Waals surface area contributed by atoms with Crippen LogP contribution in [0, 0.1) is 5.92 Å². The number of esters is 1. The van der Waals surface area contributed by atoms with E-state index in [0.29, 0.717) is 0 Å². The number of carbonyl (C=O) groups excluding carboxylic acids is 1. The van der Waals surface area contributed by atoms with Gasteiger partial charge >= 0.3 is 13.6 Å². The zero-order valence-corrected chi connectivity index (χ0v) is 24.7. The molecule has 3 aromatic rings. The number of halogens is 1. The van der Waals surface area contributed by atoms with Crippen LogP contribution < -0.4 is 15.8 Å². The third-order valence-electron chi connectivity index (χ3n) is 6.72. The molecule has 1 fully saturated rings. The highest BCUT2D eigenvalue weighted by Crippen LogP contribution is 2.56. The summed E-state index contributed by atoms with van der Waals surface area (Å²) in [6, 6.07) is 8.12. The Balaban J connectivity index is 1.68. The van der Waals surface area contributed by atoms with Gasteiger partial charge in [-0.1, -0.05) is 25.1 Å². The number of ether oxygens (including phenoxy) is 2. The molecule has 0 amide bonds. The van der Waals surface area contributed by atoms with Crippen LogP contribution in [0.4, 0.5) is 10.3 Å². The minimum Gasteiger partial charge on any atom is -0.463 e. The van der Waals surface area contributed by atoms with Crippen LogP contribution in [0.15, 0.2) is 41.5 Å². The molecule has 0 radical (unpaired) electrons. The number of fused-ring (bicyclic) bond motifs is 1. The van der Waals surface area contributed by atoms with E-state index in [4.69, 9.17) is 24.3 Å². The second-order valence-corrected chi connectivity index (χ2v) is 13.0. The topological polar surface area (TPSA) is 201 Å². The van der Waals surface area contributed by atoms with Crippen molar-refractivity contribution in [2.45, 2.75) is 70.4 Å². The van der Waals surface area contributed by atoms with Gasteiger partial charge in [0.05, 0.1) is 24.5 Å². The van der Waals surface area contributed by atoms with Crippen molar-refractivity contribution in [2.75, 3.05) is 18.6 Å². The van der Waals surface area contributed by atoms with Gasteiger partial charge in [0.25, 0.3) is 5.56 Å². The Morgan fingerprint density at radius 1 is 1.31 bits per heavy atom. The van der Waals surface area contributed by atoms with E-state index in [2.05, 4.69) is 15.0 Å². The van der Waals surface area contributed by atoms with E-state index in [9.17, 15) is 28.8 Å². The number of anilines is 1. The molecule has 1 unspecified atom stereocenters. The van der Waals surface area contributed by atoms with Crippen molar-refractivity contribution in [3.05, 3.63) is 47.0 Å². The van der Waals surface area contributed by atoms with E-state index in [-0.39, 0.29) is 22.9 Å². The quantitative estimate of drug-likeness (QED) is 0.182. The molecule has 14 nitrogen and oxygen atoms in total. The molecule has 4 rings (SSSR count). The van der Waals surface area contributed by atoms with Crippen LogP contribution >= 0.6 is 7.60 Å². The number of hydrogen-bond acceptors (Lipinski definition) is 12. The van der Waals surface area contributed by atoms with Crippen molar-refractivity contribution >= 4 is 30.7 Å². The number of imidazole rings is 1. The highest BCUT2D eigenvalue weighted by atomic mass is 31.2. The van der Waals surface area contributed by atoms with Crippen molar-refractivity contribution in [3.63, 3.8) is 0 Å². The average molecular weight is 612 g/mol. The molecule has 5 N–H and O–H groups in total. The van der Waals surface area contributed by atoms with Crippen LogP contribution in [0.25, 0.3) is 11.2 Å². The fourth-order valence-corrected chi connectivity index (χ4v) is 7.02. The fraction of sp³-hybridized carbons (Fsp3) is 0.538. The molecule has 0 bridgehead atoms. The summed E-state index contributed by atoms with van der Waals surface area (Å²) in [6.07, 6.45) is -4.83. The van der Waals surface area contributed by atoms with Crippen LogP contribution in [-0.2, 0) is 23.4 Å². The lowest BCUT2D eigenvalue weighted by Gasteiger charge is -2.36. The number of nitrogens with two attached hydrogens (primary N) is 1. The maximum Gasteiger partial charge on any atom is 0.380 e. The summed E-state index contributed by atoms with van der Waals surface area (Å²) in [6.45, 7) is 6.19. The number of carbonyl (C=O) groups is 1. The molecule has 230 valence electrons. The minimum absolute atomic E-state index is 0.129. The summed E-state index contributed by atoms with van der Waals surface area (Å²) in [5.74, 6) is -1.62. The molecule has 1 aromatic carbocycles. The monoisotopic (exact) mass is 611 g/mol. The van der Waals surface area contributed by atoms with E-state index in [1.54, 1.807) is 44.2 Å². The van der Waals surface area contributed by atoms with Crippen LogP contribution in [0.3, 0.4) is 0 Å². The molecule has 0 saturated carbocycles. The number of aliphatic hydroxyl groups is 2. The van der Waals surface area contributed by atoms with E-state index in [0.717, 1.165) is 10.9 Å². The van der Waals surface area contributed by atoms with E-state index in [1.165, 1.54) is 20.8 Å². The van der Waals surface area contributed by atoms with Crippen LogP contribution in [-0.4, -0.2) is 78.1 Å². The molecule has 2 aromatic heterocycles. The number of rotatable bonds is 11. The summed E-state index contributed by atoms with van der Waals surface area (Å²) in [5.41, 5.74) is 0.403. The molecular weight excluding hydrogens is 576 g/mol. The molecule has 0 aliphatic carbocycles. The van der Waals surface area contributed by atoms with Gasteiger partial charge in [0.1, 0.15) is 30.2 Å². The molecule has 42 heavy (non-hydrogen) atoms. The van der Waals surface area contributed by atoms with Gasteiger partial charge in [-0.3, -0.25) is 23.7 Å². The Kier molecular flexibility index (Phi) is 8.82.